The van der Waals surface area contributed by atoms with Crippen LogP contribution in [0.25, 0.3) is 0 Å². The maximum atomic E-state index is 12.4. The fourth-order valence-corrected chi connectivity index (χ4v) is 3.73. The number of sulfonamides is 1. The van der Waals surface area contributed by atoms with Gasteiger partial charge in [0.1, 0.15) is 0 Å². The standard InChI is InChI=1S/C13H23N3O3S/c1-3-14-9-11-8-12(10-15-11)20(17,18)16-13(2)4-6-19-7-5-13/h8,10,14-16H,3-7,9H2,1-2H3. The molecule has 1 aromatic heterocycles. The summed E-state index contributed by atoms with van der Waals surface area (Å²) in [7, 11) is -3.49. The molecule has 20 heavy (non-hydrogen) atoms. The van der Waals surface area contributed by atoms with Crippen LogP contribution in [0, 0.1) is 0 Å². The summed E-state index contributed by atoms with van der Waals surface area (Å²) in [4.78, 5) is 3.28. The van der Waals surface area contributed by atoms with Crippen molar-refractivity contribution in [3.8, 4) is 0 Å². The summed E-state index contributed by atoms with van der Waals surface area (Å²) >= 11 is 0. The quantitative estimate of drug-likeness (QED) is 0.731. The van der Waals surface area contributed by atoms with Gasteiger partial charge in [-0.3, -0.25) is 0 Å². The summed E-state index contributed by atoms with van der Waals surface area (Å²) in [5, 5.41) is 3.16. The van der Waals surface area contributed by atoms with Crippen LogP contribution >= 0.6 is 0 Å². The first kappa shape index (κ1) is 15.5. The van der Waals surface area contributed by atoms with Gasteiger partial charge < -0.3 is 15.0 Å². The van der Waals surface area contributed by atoms with Crippen LogP contribution in [0.15, 0.2) is 17.2 Å². The molecule has 7 heteroatoms. The number of nitrogens with one attached hydrogen (secondary N) is 3. The van der Waals surface area contributed by atoms with Gasteiger partial charge in [0, 0.05) is 37.2 Å². The van der Waals surface area contributed by atoms with Gasteiger partial charge in [-0.25, -0.2) is 13.1 Å². The Morgan fingerprint density at radius 2 is 2.10 bits per heavy atom. The smallest absolute Gasteiger partial charge is 0.242 e. The van der Waals surface area contributed by atoms with Crippen LogP contribution in [0.4, 0.5) is 0 Å². The van der Waals surface area contributed by atoms with E-state index in [1.54, 1.807) is 6.07 Å². The molecule has 3 N–H and O–H groups in total. The van der Waals surface area contributed by atoms with Gasteiger partial charge in [0.05, 0.1) is 4.90 Å². The van der Waals surface area contributed by atoms with Crippen LogP contribution in [0.2, 0.25) is 0 Å². The lowest BCUT2D eigenvalue weighted by atomic mass is 9.94. The van der Waals surface area contributed by atoms with Crippen molar-refractivity contribution in [2.75, 3.05) is 19.8 Å². The second-order valence-corrected chi connectivity index (χ2v) is 7.10. The summed E-state index contributed by atoms with van der Waals surface area (Å²) in [5.41, 5.74) is 0.445. The first-order valence-corrected chi connectivity index (χ1v) is 8.43. The zero-order chi connectivity index (χ0) is 14.6. The highest BCUT2D eigenvalue weighted by atomic mass is 32.2. The summed E-state index contributed by atoms with van der Waals surface area (Å²) < 4.78 is 32.9. The number of aromatic amines is 1. The lowest BCUT2D eigenvalue weighted by Gasteiger charge is -2.33. The highest BCUT2D eigenvalue weighted by Gasteiger charge is 2.32. The van der Waals surface area contributed by atoms with E-state index >= 15 is 0 Å². The molecule has 0 atom stereocenters. The van der Waals surface area contributed by atoms with Gasteiger partial charge in [-0.1, -0.05) is 6.92 Å². The maximum absolute atomic E-state index is 12.4. The minimum absolute atomic E-state index is 0.290. The topological polar surface area (TPSA) is 83.2 Å². The fraction of sp³-hybridized carbons (Fsp3) is 0.692. The zero-order valence-corrected chi connectivity index (χ0v) is 12.8. The van der Waals surface area contributed by atoms with Crippen LogP contribution < -0.4 is 10.0 Å². The SMILES string of the molecule is CCNCc1cc(S(=O)(=O)NC2(C)CCOCC2)c[nH]1. The van der Waals surface area contributed by atoms with E-state index in [4.69, 9.17) is 4.74 Å². The molecule has 1 aromatic rings. The van der Waals surface area contributed by atoms with Gasteiger partial charge in [0.25, 0.3) is 0 Å². The minimum atomic E-state index is -3.49. The number of rotatable bonds is 6. The molecule has 0 radical (unpaired) electrons. The Morgan fingerprint density at radius 1 is 1.40 bits per heavy atom. The van der Waals surface area contributed by atoms with Gasteiger partial charge in [-0.15, -0.1) is 0 Å². The van der Waals surface area contributed by atoms with E-state index in [1.807, 2.05) is 13.8 Å². The average Bonchev–Trinajstić information content (AvgIpc) is 2.85. The highest BCUT2D eigenvalue weighted by molar-refractivity contribution is 7.89. The molecule has 2 heterocycles. The Bertz CT molecular complexity index is 533. The largest absolute Gasteiger partial charge is 0.381 e. The predicted molar refractivity (Wildman–Crippen MR) is 77.0 cm³/mol. The Balaban J connectivity index is 2.07. The molecule has 2 rings (SSSR count). The van der Waals surface area contributed by atoms with Crippen molar-refractivity contribution in [1.29, 1.82) is 0 Å². The van der Waals surface area contributed by atoms with Crippen LogP contribution in [-0.4, -0.2) is 38.7 Å². The lowest BCUT2D eigenvalue weighted by Crippen LogP contribution is -2.49. The summed E-state index contributed by atoms with van der Waals surface area (Å²) in [6.45, 7) is 6.61. The van der Waals surface area contributed by atoms with E-state index in [-0.39, 0.29) is 4.90 Å². The number of H-pyrrole nitrogens is 1. The molecule has 1 saturated heterocycles. The zero-order valence-electron chi connectivity index (χ0n) is 12.0. The van der Waals surface area contributed by atoms with Gasteiger partial charge >= 0.3 is 0 Å². The number of aromatic nitrogens is 1. The maximum Gasteiger partial charge on any atom is 0.242 e. The second-order valence-electron chi connectivity index (χ2n) is 5.42. The van der Waals surface area contributed by atoms with Crippen molar-refractivity contribution in [3.63, 3.8) is 0 Å². The third-order valence-electron chi connectivity index (χ3n) is 3.57. The molecular weight excluding hydrogens is 278 g/mol. The summed E-state index contributed by atoms with van der Waals surface area (Å²) in [5.74, 6) is 0. The molecule has 6 nitrogen and oxygen atoms in total. The van der Waals surface area contributed by atoms with Crippen molar-refractivity contribution in [2.24, 2.45) is 0 Å². The third-order valence-corrected chi connectivity index (χ3v) is 5.19. The van der Waals surface area contributed by atoms with Crippen LogP contribution in [0.3, 0.4) is 0 Å². The van der Waals surface area contributed by atoms with Crippen LogP contribution in [-0.2, 0) is 21.3 Å². The van der Waals surface area contributed by atoms with Crippen molar-refractivity contribution in [3.05, 3.63) is 18.0 Å². The first-order chi connectivity index (χ1) is 9.45. The van der Waals surface area contributed by atoms with Crippen LogP contribution in [0.1, 0.15) is 32.4 Å². The molecule has 0 aliphatic carbocycles. The van der Waals surface area contributed by atoms with Crippen molar-refractivity contribution in [2.45, 2.75) is 43.7 Å². The summed E-state index contributed by atoms with van der Waals surface area (Å²) in [6, 6.07) is 1.67. The molecule has 1 aliphatic heterocycles. The first-order valence-electron chi connectivity index (χ1n) is 6.95. The molecule has 114 valence electrons. The molecule has 0 unspecified atom stereocenters. The Morgan fingerprint density at radius 3 is 2.75 bits per heavy atom. The average molecular weight is 301 g/mol. The second kappa shape index (κ2) is 6.26. The van der Waals surface area contributed by atoms with E-state index in [0.717, 1.165) is 12.2 Å². The van der Waals surface area contributed by atoms with E-state index < -0.39 is 15.6 Å². The molecule has 0 saturated carbocycles. The molecule has 1 aliphatic rings. The Hall–Kier alpha value is -0.890. The molecule has 0 aromatic carbocycles. The number of hydrogen-bond acceptors (Lipinski definition) is 4. The lowest BCUT2D eigenvalue weighted by molar-refractivity contribution is 0.0537. The molecular formula is C13H23N3O3S. The van der Waals surface area contributed by atoms with Gasteiger partial charge in [0.15, 0.2) is 0 Å². The Labute approximate surface area is 120 Å². The number of hydrogen-bond donors (Lipinski definition) is 3. The van der Waals surface area contributed by atoms with E-state index in [0.29, 0.717) is 32.6 Å². The van der Waals surface area contributed by atoms with E-state index in [2.05, 4.69) is 15.0 Å². The monoisotopic (exact) mass is 301 g/mol. The van der Waals surface area contributed by atoms with Crippen molar-refractivity contribution >= 4 is 10.0 Å². The third kappa shape index (κ3) is 3.82. The predicted octanol–water partition coefficient (Wildman–Crippen LogP) is 0.972. The van der Waals surface area contributed by atoms with Gasteiger partial charge in [0.2, 0.25) is 10.0 Å². The molecule has 1 fully saturated rings. The number of ether oxygens (including phenoxy) is 1. The van der Waals surface area contributed by atoms with Gasteiger partial charge in [-0.05, 0) is 32.4 Å². The normalized spacial score (nSPS) is 19.1. The minimum Gasteiger partial charge on any atom is -0.381 e. The van der Waals surface area contributed by atoms with Gasteiger partial charge in [-0.2, -0.15) is 0 Å². The van der Waals surface area contributed by atoms with Crippen molar-refractivity contribution < 1.29 is 13.2 Å². The molecule has 0 bridgehead atoms. The van der Waals surface area contributed by atoms with E-state index in [1.165, 1.54) is 6.20 Å². The highest BCUT2D eigenvalue weighted by Crippen LogP contribution is 2.23. The van der Waals surface area contributed by atoms with Crippen LogP contribution in [0.5, 0.6) is 0 Å². The summed E-state index contributed by atoms with van der Waals surface area (Å²) in [6.07, 6.45) is 2.93. The molecule has 0 spiro atoms. The Kier molecular flexibility index (Phi) is 4.85. The molecule has 0 amide bonds. The van der Waals surface area contributed by atoms with Crippen molar-refractivity contribution in [1.82, 2.24) is 15.0 Å². The fourth-order valence-electron chi connectivity index (χ4n) is 2.24. The van der Waals surface area contributed by atoms with E-state index in [9.17, 15) is 8.42 Å².